The number of hydrogen-bond acceptors (Lipinski definition) is 5. The average molecular weight is 380 g/mol. The van der Waals surface area contributed by atoms with Crippen molar-refractivity contribution in [1.29, 1.82) is 0 Å². The predicted octanol–water partition coefficient (Wildman–Crippen LogP) is 4.37. The molecule has 0 atom stereocenters. The number of ether oxygens (including phenoxy) is 1. The van der Waals surface area contributed by atoms with E-state index in [9.17, 15) is 4.39 Å². The third kappa shape index (κ3) is 3.93. The average Bonchev–Trinajstić information content (AvgIpc) is 3.05. The van der Waals surface area contributed by atoms with Crippen molar-refractivity contribution >= 4 is 22.7 Å². The first-order valence-corrected chi connectivity index (χ1v) is 9.41. The minimum absolute atomic E-state index is 0.232. The Morgan fingerprint density at radius 3 is 2.70 bits per heavy atom. The van der Waals surface area contributed by atoms with E-state index >= 15 is 0 Å². The molecule has 4 rings (SSSR count). The van der Waals surface area contributed by atoms with Gasteiger partial charge in [-0.2, -0.15) is 0 Å². The molecule has 4 aromatic rings. The molecule has 0 N–H and O–H groups in total. The van der Waals surface area contributed by atoms with E-state index in [0.717, 1.165) is 33.2 Å². The fourth-order valence-electron chi connectivity index (χ4n) is 2.66. The van der Waals surface area contributed by atoms with E-state index in [4.69, 9.17) is 4.74 Å². The topological polar surface area (TPSA) is 52.8 Å². The zero-order valence-corrected chi connectivity index (χ0v) is 15.5. The smallest absolute Gasteiger partial charge is 0.191 e. The monoisotopic (exact) mass is 380 g/mol. The van der Waals surface area contributed by atoms with Gasteiger partial charge in [-0.3, -0.25) is 4.98 Å². The van der Waals surface area contributed by atoms with Crippen LogP contribution in [0, 0.1) is 5.82 Å². The minimum atomic E-state index is -0.232. The number of fused-ring (bicyclic) bond motifs is 1. The standard InChI is InChI=1S/C20H17FN4OS/c1-25-18(12-26-17-6-2-4-15-5-3-11-22-19(15)17)23-24-20(25)27-13-14-7-9-16(21)10-8-14/h2-11H,12-13H2,1H3. The maximum absolute atomic E-state index is 13.0. The van der Waals surface area contributed by atoms with Crippen molar-refractivity contribution in [2.45, 2.75) is 17.5 Å². The van der Waals surface area contributed by atoms with Crippen LogP contribution in [0.4, 0.5) is 4.39 Å². The lowest BCUT2D eigenvalue weighted by atomic mass is 10.2. The van der Waals surface area contributed by atoms with Crippen LogP contribution in [0.1, 0.15) is 11.4 Å². The van der Waals surface area contributed by atoms with Crippen molar-refractivity contribution in [3.05, 3.63) is 78.0 Å². The number of rotatable bonds is 6. The summed E-state index contributed by atoms with van der Waals surface area (Å²) in [5.41, 5.74) is 1.86. The van der Waals surface area contributed by atoms with Gasteiger partial charge >= 0.3 is 0 Å². The normalized spacial score (nSPS) is 11.0. The lowest BCUT2D eigenvalue weighted by molar-refractivity contribution is 0.293. The summed E-state index contributed by atoms with van der Waals surface area (Å²) in [4.78, 5) is 4.39. The number of hydrogen-bond donors (Lipinski definition) is 0. The van der Waals surface area contributed by atoms with Crippen molar-refractivity contribution < 1.29 is 9.13 Å². The molecule has 5 nitrogen and oxygen atoms in total. The summed E-state index contributed by atoms with van der Waals surface area (Å²) in [5.74, 6) is 1.91. The van der Waals surface area contributed by atoms with Crippen molar-refractivity contribution in [1.82, 2.24) is 19.7 Å². The van der Waals surface area contributed by atoms with E-state index in [1.54, 1.807) is 30.1 Å². The SMILES string of the molecule is Cn1c(COc2cccc3cccnc23)nnc1SCc1ccc(F)cc1. The highest BCUT2D eigenvalue weighted by molar-refractivity contribution is 7.98. The molecule has 0 aliphatic rings. The van der Waals surface area contributed by atoms with E-state index in [1.807, 2.05) is 41.9 Å². The second kappa shape index (κ2) is 7.75. The number of aromatic nitrogens is 4. The van der Waals surface area contributed by atoms with Crippen molar-refractivity contribution in [3.8, 4) is 5.75 Å². The lowest BCUT2D eigenvalue weighted by Crippen LogP contribution is -2.04. The first-order chi connectivity index (χ1) is 13.2. The molecule has 0 unspecified atom stereocenters. The fraction of sp³-hybridized carbons (Fsp3) is 0.150. The summed E-state index contributed by atoms with van der Waals surface area (Å²) < 4.78 is 20.8. The van der Waals surface area contributed by atoms with Crippen molar-refractivity contribution in [3.63, 3.8) is 0 Å². The summed E-state index contributed by atoms with van der Waals surface area (Å²) >= 11 is 1.55. The zero-order valence-electron chi connectivity index (χ0n) is 14.7. The Hall–Kier alpha value is -2.93. The van der Waals surface area contributed by atoms with Crippen LogP contribution in [0.5, 0.6) is 5.75 Å². The zero-order chi connectivity index (χ0) is 18.6. The quantitative estimate of drug-likeness (QED) is 0.465. The minimum Gasteiger partial charge on any atom is -0.483 e. The Labute approximate surface area is 160 Å². The van der Waals surface area contributed by atoms with Gasteiger partial charge < -0.3 is 9.30 Å². The van der Waals surface area contributed by atoms with Gasteiger partial charge in [0.2, 0.25) is 0 Å². The van der Waals surface area contributed by atoms with Crippen LogP contribution < -0.4 is 4.74 Å². The molecule has 0 fully saturated rings. The van der Waals surface area contributed by atoms with E-state index in [1.165, 1.54) is 12.1 Å². The van der Waals surface area contributed by atoms with Crippen LogP contribution in [0.25, 0.3) is 10.9 Å². The van der Waals surface area contributed by atoms with Crippen LogP contribution in [0.15, 0.2) is 66.0 Å². The molecule has 0 bridgehead atoms. The molecule has 0 aliphatic heterocycles. The van der Waals surface area contributed by atoms with Gasteiger partial charge in [0.05, 0.1) is 0 Å². The van der Waals surface area contributed by atoms with E-state index < -0.39 is 0 Å². The van der Waals surface area contributed by atoms with Gasteiger partial charge in [0, 0.05) is 24.4 Å². The Kier molecular flexibility index (Phi) is 5.02. The summed E-state index contributed by atoms with van der Waals surface area (Å²) in [6.45, 7) is 0.302. The molecule has 0 saturated heterocycles. The van der Waals surface area contributed by atoms with Crippen LogP contribution in [0.3, 0.4) is 0 Å². The van der Waals surface area contributed by atoms with Crippen molar-refractivity contribution in [2.24, 2.45) is 7.05 Å². The molecule has 0 amide bonds. The predicted molar refractivity (Wildman–Crippen MR) is 103 cm³/mol. The Balaban J connectivity index is 1.43. The molecule has 136 valence electrons. The highest BCUT2D eigenvalue weighted by Crippen LogP contribution is 2.25. The first kappa shape index (κ1) is 17.5. The third-order valence-corrected chi connectivity index (χ3v) is 5.25. The summed E-state index contributed by atoms with van der Waals surface area (Å²) in [6, 6.07) is 16.2. The van der Waals surface area contributed by atoms with Crippen LogP contribution >= 0.6 is 11.8 Å². The van der Waals surface area contributed by atoms with Crippen LogP contribution in [-0.4, -0.2) is 19.7 Å². The number of benzene rings is 2. The molecule has 7 heteroatoms. The molecule has 0 spiro atoms. The molecule has 27 heavy (non-hydrogen) atoms. The molecular formula is C20H17FN4OS. The first-order valence-electron chi connectivity index (χ1n) is 8.43. The van der Waals surface area contributed by atoms with Crippen molar-refractivity contribution in [2.75, 3.05) is 0 Å². The number of para-hydroxylation sites is 1. The maximum Gasteiger partial charge on any atom is 0.191 e. The lowest BCUT2D eigenvalue weighted by Gasteiger charge is -2.08. The largest absolute Gasteiger partial charge is 0.483 e. The molecular weight excluding hydrogens is 363 g/mol. The van der Waals surface area contributed by atoms with Crippen LogP contribution in [0.2, 0.25) is 0 Å². The molecule has 0 saturated carbocycles. The van der Waals surface area contributed by atoms with Gasteiger partial charge in [-0.25, -0.2) is 4.39 Å². The number of thioether (sulfide) groups is 1. The van der Waals surface area contributed by atoms with Crippen LogP contribution in [-0.2, 0) is 19.4 Å². The van der Waals surface area contributed by atoms with E-state index in [2.05, 4.69) is 15.2 Å². The van der Waals surface area contributed by atoms with Gasteiger partial charge in [0.1, 0.15) is 23.7 Å². The number of halogens is 1. The molecule has 0 aliphatic carbocycles. The second-order valence-corrected chi connectivity index (χ2v) is 6.94. The third-order valence-electron chi connectivity index (χ3n) is 4.16. The Morgan fingerprint density at radius 1 is 1.04 bits per heavy atom. The highest BCUT2D eigenvalue weighted by atomic mass is 32.2. The molecule has 2 heterocycles. The second-order valence-electron chi connectivity index (χ2n) is 5.99. The highest BCUT2D eigenvalue weighted by Gasteiger charge is 2.11. The Morgan fingerprint density at radius 2 is 1.85 bits per heavy atom. The Bertz CT molecular complexity index is 1060. The maximum atomic E-state index is 13.0. The van der Waals surface area contributed by atoms with Gasteiger partial charge in [-0.1, -0.05) is 42.1 Å². The molecule has 0 radical (unpaired) electrons. The number of nitrogens with zero attached hydrogens (tertiary/aromatic N) is 4. The summed E-state index contributed by atoms with van der Waals surface area (Å²) in [7, 11) is 1.91. The molecule has 2 aromatic carbocycles. The number of pyridine rings is 1. The van der Waals surface area contributed by atoms with E-state index in [-0.39, 0.29) is 5.82 Å². The summed E-state index contributed by atoms with van der Waals surface area (Å²) in [6.07, 6.45) is 1.75. The van der Waals surface area contributed by atoms with Gasteiger partial charge in [0.15, 0.2) is 11.0 Å². The van der Waals surface area contributed by atoms with Gasteiger partial charge in [-0.05, 0) is 29.8 Å². The molecule has 2 aromatic heterocycles. The van der Waals surface area contributed by atoms with Gasteiger partial charge in [-0.15, -0.1) is 10.2 Å². The van der Waals surface area contributed by atoms with E-state index in [0.29, 0.717) is 12.4 Å². The summed E-state index contributed by atoms with van der Waals surface area (Å²) in [5, 5.41) is 10.3. The fourth-order valence-corrected chi connectivity index (χ4v) is 3.55. The van der Waals surface area contributed by atoms with Gasteiger partial charge in [0.25, 0.3) is 0 Å².